The van der Waals surface area contributed by atoms with Crippen molar-refractivity contribution in [3.8, 4) is 0 Å². The van der Waals surface area contributed by atoms with Crippen LogP contribution in [0.5, 0.6) is 0 Å². The van der Waals surface area contributed by atoms with Crippen molar-refractivity contribution < 1.29 is 4.79 Å². The summed E-state index contributed by atoms with van der Waals surface area (Å²) in [5.41, 5.74) is 2.30. The lowest BCUT2D eigenvalue weighted by atomic mass is 9.49. The predicted octanol–water partition coefficient (Wildman–Crippen LogP) is 3.43. The molecule has 1 N–H and O–H groups in total. The van der Waals surface area contributed by atoms with Crippen LogP contribution in [0.3, 0.4) is 0 Å². The fraction of sp³-hybridized carbons (Fsp3) is 0.875. The van der Waals surface area contributed by atoms with E-state index in [2.05, 4.69) is 35.0 Å². The van der Waals surface area contributed by atoms with Crippen molar-refractivity contribution in [2.45, 2.75) is 77.3 Å². The Bertz CT molecular complexity index is 622. The van der Waals surface area contributed by atoms with E-state index in [1.165, 1.54) is 58.2 Å². The minimum atomic E-state index is 0.268. The number of rotatable bonds is 5. The van der Waals surface area contributed by atoms with Gasteiger partial charge in [-0.25, -0.2) is 0 Å². The minimum Gasteiger partial charge on any atom is -0.353 e. The Morgan fingerprint density at radius 3 is 2.39 bits per heavy atom. The highest BCUT2D eigenvalue weighted by Gasteiger charge is 2.51. The maximum Gasteiger partial charge on any atom is 0.223 e. The summed E-state index contributed by atoms with van der Waals surface area (Å²) in [5, 5.41) is 3.21. The van der Waals surface area contributed by atoms with Gasteiger partial charge in [0.15, 0.2) is 0 Å². The number of hydrogen-bond donors (Lipinski definition) is 1. The molecule has 2 bridgehead atoms. The number of fused-ring (bicyclic) bond motifs is 1. The Balaban J connectivity index is 1.06. The third-order valence-corrected chi connectivity index (χ3v) is 8.89. The van der Waals surface area contributed by atoms with Crippen molar-refractivity contribution in [1.29, 1.82) is 0 Å². The highest BCUT2D eigenvalue weighted by Crippen LogP contribution is 2.59. The van der Waals surface area contributed by atoms with Crippen LogP contribution < -0.4 is 5.32 Å². The van der Waals surface area contributed by atoms with Gasteiger partial charge >= 0.3 is 0 Å². The Kier molecular flexibility index (Phi) is 5.07. The Labute approximate surface area is 171 Å². The molecule has 4 nitrogen and oxygen atoms in total. The molecule has 0 aromatic carbocycles. The molecule has 2 saturated heterocycles. The molecule has 0 unspecified atom stereocenters. The molecule has 28 heavy (non-hydrogen) atoms. The maximum atomic E-state index is 12.3. The molecule has 4 fully saturated rings. The zero-order valence-corrected chi connectivity index (χ0v) is 18.0. The molecule has 2 saturated carbocycles. The second-order valence-corrected chi connectivity index (χ2v) is 10.9. The summed E-state index contributed by atoms with van der Waals surface area (Å²) < 4.78 is 0. The van der Waals surface area contributed by atoms with Crippen LogP contribution in [0.25, 0.3) is 0 Å². The molecule has 0 aromatic heterocycles. The minimum absolute atomic E-state index is 0.268. The molecule has 0 spiro atoms. The average Bonchev–Trinajstić information content (AvgIpc) is 3.52. The number of carbonyl (C=O) groups is 1. The third kappa shape index (κ3) is 3.67. The van der Waals surface area contributed by atoms with Crippen molar-refractivity contribution in [3.63, 3.8) is 0 Å². The van der Waals surface area contributed by atoms with E-state index < -0.39 is 0 Å². The number of nitrogens with one attached hydrogen (secondary N) is 1. The van der Waals surface area contributed by atoms with Gasteiger partial charge in [-0.15, -0.1) is 0 Å². The molecule has 4 aliphatic carbocycles. The molecule has 4 heteroatoms. The van der Waals surface area contributed by atoms with Gasteiger partial charge in [-0.2, -0.15) is 0 Å². The van der Waals surface area contributed by atoms with Crippen LogP contribution in [-0.4, -0.2) is 60.5 Å². The summed E-state index contributed by atoms with van der Waals surface area (Å²) in [7, 11) is 0. The zero-order chi connectivity index (χ0) is 19.3. The van der Waals surface area contributed by atoms with E-state index in [1.807, 2.05) is 0 Å². The Morgan fingerprint density at radius 1 is 1.07 bits per heavy atom. The Morgan fingerprint density at radius 2 is 1.79 bits per heavy atom. The normalized spacial score (nSPS) is 34.6. The van der Waals surface area contributed by atoms with E-state index in [4.69, 9.17) is 0 Å². The fourth-order valence-corrected chi connectivity index (χ4v) is 6.43. The van der Waals surface area contributed by atoms with Crippen molar-refractivity contribution >= 4 is 5.91 Å². The standard InChI is InChI=1S/C24H39N3O/c1-24(2)19-4-3-18(22(24)15-19)16-26-11-9-21(10-12-26)27-13-7-17(8-14-27)23(28)25-20-5-6-20/h3,17,19-22H,4-16H2,1-2H3,(H,25,28)/t19-,22-/m0/s1. The second kappa shape index (κ2) is 7.43. The summed E-state index contributed by atoms with van der Waals surface area (Å²) in [6.45, 7) is 10.9. The van der Waals surface area contributed by atoms with Gasteiger partial charge in [0.25, 0.3) is 0 Å². The summed E-state index contributed by atoms with van der Waals surface area (Å²) in [6, 6.07) is 1.25. The van der Waals surface area contributed by atoms with E-state index >= 15 is 0 Å². The lowest BCUT2D eigenvalue weighted by Crippen LogP contribution is -2.52. The number of hydrogen-bond acceptors (Lipinski definition) is 3. The van der Waals surface area contributed by atoms with Gasteiger partial charge in [-0.1, -0.05) is 25.5 Å². The molecule has 0 aromatic rings. The van der Waals surface area contributed by atoms with E-state index in [1.54, 1.807) is 5.57 Å². The smallest absolute Gasteiger partial charge is 0.223 e. The van der Waals surface area contributed by atoms with Crippen molar-refractivity contribution in [2.24, 2.45) is 23.2 Å². The molecule has 0 radical (unpaired) electrons. The topological polar surface area (TPSA) is 35.6 Å². The van der Waals surface area contributed by atoms with Crippen LogP contribution >= 0.6 is 0 Å². The maximum absolute atomic E-state index is 12.3. The van der Waals surface area contributed by atoms with Crippen LogP contribution in [0.2, 0.25) is 0 Å². The van der Waals surface area contributed by atoms with Crippen LogP contribution in [0.4, 0.5) is 0 Å². The van der Waals surface area contributed by atoms with Crippen LogP contribution in [0.15, 0.2) is 11.6 Å². The largest absolute Gasteiger partial charge is 0.353 e. The molecular weight excluding hydrogens is 346 g/mol. The monoisotopic (exact) mass is 385 g/mol. The average molecular weight is 386 g/mol. The third-order valence-electron chi connectivity index (χ3n) is 8.89. The zero-order valence-electron chi connectivity index (χ0n) is 18.0. The molecular formula is C24H39N3O. The van der Waals surface area contributed by atoms with Gasteiger partial charge in [0, 0.05) is 24.5 Å². The molecule has 2 heterocycles. The molecule has 1 amide bonds. The molecule has 2 atom stereocenters. The van der Waals surface area contributed by atoms with E-state index in [9.17, 15) is 4.79 Å². The first-order valence-corrected chi connectivity index (χ1v) is 12.0. The van der Waals surface area contributed by atoms with E-state index in [0.717, 1.165) is 43.8 Å². The highest BCUT2D eigenvalue weighted by atomic mass is 16.2. The second-order valence-electron chi connectivity index (χ2n) is 10.9. The first-order chi connectivity index (χ1) is 13.5. The molecule has 6 aliphatic rings. The SMILES string of the molecule is CC1(C)[C@H]2CC=C(CN3CCC(N4CCC(C(=O)NC5CC5)CC4)CC3)[C@@H]1C2. The van der Waals surface area contributed by atoms with Crippen LogP contribution in [0, 0.1) is 23.2 Å². The first kappa shape index (κ1) is 19.1. The van der Waals surface area contributed by atoms with Crippen molar-refractivity contribution in [1.82, 2.24) is 15.1 Å². The van der Waals surface area contributed by atoms with Gasteiger partial charge in [0.05, 0.1) is 0 Å². The number of amides is 1. The number of likely N-dealkylation sites (tertiary alicyclic amines) is 2. The number of carbonyl (C=O) groups excluding carboxylic acids is 1. The van der Waals surface area contributed by atoms with E-state index in [0.29, 0.717) is 17.4 Å². The summed E-state index contributed by atoms with van der Waals surface area (Å²) in [6.07, 6.45) is 12.5. The number of nitrogens with zero attached hydrogens (tertiary/aromatic N) is 2. The number of allylic oxidation sites excluding steroid dienone is 1. The first-order valence-electron chi connectivity index (χ1n) is 12.0. The molecule has 6 rings (SSSR count). The molecule has 156 valence electrons. The lowest BCUT2D eigenvalue weighted by molar-refractivity contribution is -0.126. The summed E-state index contributed by atoms with van der Waals surface area (Å²) in [4.78, 5) is 17.7. The van der Waals surface area contributed by atoms with Crippen LogP contribution in [0.1, 0.15) is 65.2 Å². The Hall–Kier alpha value is -0.870. The van der Waals surface area contributed by atoms with E-state index in [-0.39, 0.29) is 5.92 Å². The summed E-state index contributed by atoms with van der Waals surface area (Å²) in [5.74, 6) is 2.40. The van der Waals surface area contributed by atoms with Crippen molar-refractivity contribution in [2.75, 3.05) is 32.7 Å². The predicted molar refractivity (Wildman–Crippen MR) is 113 cm³/mol. The van der Waals surface area contributed by atoms with Gasteiger partial charge < -0.3 is 10.2 Å². The van der Waals surface area contributed by atoms with Crippen molar-refractivity contribution in [3.05, 3.63) is 11.6 Å². The lowest BCUT2D eigenvalue weighted by Gasteiger charge is -2.57. The quantitative estimate of drug-likeness (QED) is 0.737. The van der Waals surface area contributed by atoms with Gasteiger partial charge in [0.1, 0.15) is 0 Å². The van der Waals surface area contributed by atoms with Gasteiger partial charge in [-0.05, 0) is 94.8 Å². The van der Waals surface area contributed by atoms with Crippen LogP contribution in [-0.2, 0) is 4.79 Å². The molecule has 2 aliphatic heterocycles. The summed E-state index contributed by atoms with van der Waals surface area (Å²) >= 11 is 0. The van der Waals surface area contributed by atoms with Gasteiger partial charge in [-0.3, -0.25) is 9.69 Å². The fourth-order valence-electron chi connectivity index (χ4n) is 6.43. The number of piperidine rings is 2. The highest BCUT2D eigenvalue weighted by molar-refractivity contribution is 5.79. The van der Waals surface area contributed by atoms with Gasteiger partial charge in [0.2, 0.25) is 5.91 Å².